The molecule has 278 valence electrons. The Morgan fingerprint density at radius 3 is 1.81 bits per heavy atom. The van der Waals surface area contributed by atoms with Crippen molar-refractivity contribution >= 4 is 103 Å². The number of nitrogens with zero attached hydrogens (tertiary/aromatic N) is 2. The molecule has 59 heavy (non-hydrogen) atoms. The van der Waals surface area contributed by atoms with Gasteiger partial charge in [0.1, 0.15) is 0 Å². The average molecular weight is 771 g/mol. The highest BCUT2D eigenvalue weighted by Gasteiger charge is 2.20. The lowest BCUT2D eigenvalue weighted by molar-refractivity contribution is 0.992. The molecule has 0 fully saturated rings. The van der Waals surface area contributed by atoms with Gasteiger partial charge in [0.25, 0.3) is 0 Å². The second-order valence-electron chi connectivity index (χ2n) is 15.6. The summed E-state index contributed by atoms with van der Waals surface area (Å²) >= 11 is 1.86. The van der Waals surface area contributed by atoms with Crippen molar-refractivity contribution in [3.8, 4) is 11.1 Å². The van der Waals surface area contributed by atoms with Gasteiger partial charge in [0.15, 0.2) is 0 Å². The summed E-state index contributed by atoms with van der Waals surface area (Å²) in [6, 6.07) is 71.4. The summed E-state index contributed by atoms with van der Waals surface area (Å²) in [5, 5.41) is 10.4. The van der Waals surface area contributed by atoms with Crippen LogP contribution in [0.2, 0.25) is 0 Å². The maximum atomic E-state index is 2.49. The van der Waals surface area contributed by atoms with E-state index >= 15 is 0 Å². The molecule has 11 aromatic rings. The zero-order valence-electron chi connectivity index (χ0n) is 32.3. The van der Waals surface area contributed by atoms with E-state index in [0.717, 1.165) is 29.9 Å². The fourth-order valence-corrected chi connectivity index (χ4v) is 10.6. The summed E-state index contributed by atoms with van der Waals surface area (Å²) in [5.74, 6) is 0. The van der Waals surface area contributed by atoms with E-state index in [1.807, 2.05) is 11.3 Å². The van der Waals surface area contributed by atoms with Crippen molar-refractivity contribution in [3.05, 3.63) is 212 Å². The van der Waals surface area contributed by atoms with Gasteiger partial charge in [0.05, 0.1) is 11.0 Å². The molecule has 9 aromatic carbocycles. The molecule has 0 N–H and O–H groups in total. The molecule has 0 radical (unpaired) electrons. The number of hydrogen-bond donors (Lipinski definition) is 0. The summed E-state index contributed by atoms with van der Waals surface area (Å²) in [6.07, 6.45) is 6.64. The number of rotatable bonds is 6. The van der Waals surface area contributed by atoms with Gasteiger partial charge in [-0.1, -0.05) is 146 Å². The molecule has 3 heteroatoms. The van der Waals surface area contributed by atoms with Crippen LogP contribution in [0.15, 0.2) is 206 Å². The molecular weight excluding hydrogens is 733 g/mol. The van der Waals surface area contributed by atoms with Crippen LogP contribution >= 0.6 is 11.3 Å². The van der Waals surface area contributed by atoms with Crippen molar-refractivity contribution in [2.45, 2.75) is 12.8 Å². The van der Waals surface area contributed by atoms with E-state index in [4.69, 9.17) is 0 Å². The second kappa shape index (κ2) is 13.7. The van der Waals surface area contributed by atoms with Gasteiger partial charge in [-0.15, -0.1) is 11.3 Å². The Labute approximate surface area is 346 Å². The molecule has 1 aliphatic carbocycles. The first kappa shape index (κ1) is 33.9. The van der Waals surface area contributed by atoms with E-state index in [1.54, 1.807) is 0 Å². The molecule has 12 rings (SSSR count). The standard InChI is InChI=1S/C56H38N2S/c1-3-13-46-39(10-1)12-9-17-47(46)41-24-31-43(32-25-41)57(45-33-34-50-49-15-6-8-19-54(49)59-55(50)36-45)42-27-20-37(21-28-42)38-22-29-44(30-23-38)58-52-18-7-5-16-51(52)56-48-14-4-2-11-40(48)26-35-53(56)58/h1-22,24-29,31-36H,23,30H2. The van der Waals surface area contributed by atoms with Gasteiger partial charge in [0, 0.05) is 53.7 Å². The van der Waals surface area contributed by atoms with E-state index in [1.165, 1.54) is 91.5 Å². The first-order chi connectivity index (χ1) is 29.2. The largest absolute Gasteiger partial charge is 0.313 e. The summed E-state index contributed by atoms with van der Waals surface area (Å²) in [7, 11) is 0. The average Bonchev–Trinajstić information content (AvgIpc) is 3.85. The molecule has 0 bridgehead atoms. The van der Waals surface area contributed by atoms with Crippen LogP contribution in [0.4, 0.5) is 17.1 Å². The van der Waals surface area contributed by atoms with E-state index in [2.05, 4.69) is 216 Å². The maximum Gasteiger partial charge on any atom is 0.0544 e. The lowest BCUT2D eigenvalue weighted by Gasteiger charge is -2.26. The van der Waals surface area contributed by atoms with Crippen LogP contribution in [0.3, 0.4) is 0 Å². The van der Waals surface area contributed by atoms with Crippen LogP contribution in [-0.2, 0) is 0 Å². The van der Waals surface area contributed by atoms with Crippen molar-refractivity contribution in [1.82, 2.24) is 4.57 Å². The first-order valence-electron chi connectivity index (χ1n) is 20.5. The molecule has 1 aliphatic rings. The van der Waals surface area contributed by atoms with E-state index in [0.29, 0.717) is 0 Å². The number of benzene rings is 9. The predicted molar refractivity (Wildman–Crippen MR) is 255 cm³/mol. The number of para-hydroxylation sites is 1. The van der Waals surface area contributed by atoms with E-state index in [9.17, 15) is 0 Å². The minimum atomic E-state index is 0.971. The van der Waals surface area contributed by atoms with Crippen LogP contribution < -0.4 is 4.90 Å². The van der Waals surface area contributed by atoms with E-state index < -0.39 is 0 Å². The Balaban J connectivity index is 0.919. The van der Waals surface area contributed by atoms with Gasteiger partial charge >= 0.3 is 0 Å². The van der Waals surface area contributed by atoms with Gasteiger partial charge in [-0.3, -0.25) is 0 Å². The van der Waals surface area contributed by atoms with Crippen molar-refractivity contribution < 1.29 is 0 Å². The monoisotopic (exact) mass is 770 g/mol. The number of allylic oxidation sites excluding steroid dienone is 4. The molecule has 0 saturated carbocycles. The number of thiophene rings is 1. The summed E-state index contributed by atoms with van der Waals surface area (Å²) in [5.41, 5.74) is 12.4. The molecule has 0 saturated heterocycles. The predicted octanol–water partition coefficient (Wildman–Crippen LogP) is 16.3. The van der Waals surface area contributed by atoms with Gasteiger partial charge < -0.3 is 9.47 Å². The molecule has 0 aliphatic heterocycles. The highest BCUT2D eigenvalue weighted by atomic mass is 32.1. The molecular formula is C56H38N2S. The third-order valence-corrected chi connectivity index (χ3v) is 13.5. The number of fused-ring (bicyclic) bond motifs is 9. The van der Waals surface area contributed by atoms with Crippen LogP contribution in [-0.4, -0.2) is 4.57 Å². The fraction of sp³-hybridized carbons (Fsp3) is 0.0357. The second-order valence-corrected chi connectivity index (χ2v) is 16.7. The topological polar surface area (TPSA) is 8.17 Å². The van der Waals surface area contributed by atoms with Crippen LogP contribution in [0.25, 0.3) is 85.9 Å². The summed E-state index contributed by atoms with van der Waals surface area (Å²) < 4.78 is 5.10. The van der Waals surface area contributed by atoms with Crippen molar-refractivity contribution in [2.24, 2.45) is 0 Å². The van der Waals surface area contributed by atoms with Gasteiger partial charge in [0.2, 0.25) is 0 Å². The SMILES string of the molecule is C1=C(c2ccc(N(c3ccc(-c4cccc5ccccc45)cc3)c3ccc4c(c3)sc3ccccc34)cc2)CCC(n2c3ccccc3c3c4ccccc4ccc32)=C1. The Kier molecular flexibility index (Phi) is 7.89. The van der Waals surface area contributed by atoms with Crippen molar-refractivity contribution in [1.29, 1.82) is 0 Å². The summed E-state index contributed by atoms with van der Waals surface area (Å²) in [6.45, 7) is 0. The maximum absolute atomic E-state index is 2.49. The number of aromatic nitrogens is 1. The Morgan fingerprint density at radius 1 is 0.407 bits per heavy atom. The number of anilines is 3. The third kappa shape index (κ3) is 5.61. The molecule has 2 heterocycles. The molecule has 0 spiro atoms. The highest BCUT2D eigenvalue weighted by molar-refractivity contribution is 7.25. The third-order valence-electron chi connectivity index (χ3n) is 12.3. The van der Waals surface area contributed by atoms with Crippen molar-refractivity contribution in [2.75, 3.05) is 4.90 Å². The quantitative estimate of drug-likeness (QED) is 0.163. The molecule has 0 unspecified atom stereocenters. The van der Waals surface area contributed by atoms with Gasteiger partial charge in [-0.05, 0) is 117 Å². The molecule has 2 nitrogen and oxygen atoms in total. The normalized spacial score (nSPS) is 13.2. The smallest absolute Gasteiger partial charge is 0.0544 e. The lowest BCUT2D eigenvalue weighted by atomic mass is 9.95. The van der Waals surface area contributed by atoms with Crippen LogP contribution in [0.5, 0.6) is 0 Å². The zero-order valence-corrected chi connectivity index (χ0v) is 33.2. The minimum absolute atomic E-state index is 0.971. The minimum Gasteiger partial charge on any atom is -0.313 e. The van der Waals surface area contributed by atoms with Crippen LogP contribution in [0, 0.1) is 0 Å². The van der Waals surface area contributed by atoms with Crippen molar-refractivity contribution in [3.63, 3.8) is 0 Å². The van der Waals surface area contributed by atoms with E-state index in [-0.39, 0.29) is 0 Å². The summed E-state index contributed by atoms with van der Waals surface area (Å²) in [4.78, 5) is 2.40. The van der Waals surface area contributed by atoms with Gasteiger partial charge in [-0.25, -0.2) is 0 Å². The fourth-order valence-electron chi connectivity index (χ4n) is 9.49. The Hall–Kier alpha value is -7.20. The molecule has 0 amide bonds. The van der Waals surface area contributed by atoms with Crippen LogP contribution in [0.1, 0.15) is 18.4 Å². The highest BCUT2D eigenvalue weighted by Crippen LogP contribution is 2.43. The molecule has 0 atom stereocenters. The number of hydrogen-bond acceptors (Lipinski definition) is 2. The Morgan fingerprint density at radius 2 is 1.03 bits per heavy atom. The van der Waals surface area contributed by atoms with Gasteiger partial charge in [-0.2, -0.15) is 0 Å². The molecule has 2 aromatic heterocycles. The lowest BCUT2D eigenvalue weighted by Crippen LogP contribution is -2.10. The Bertz CT molecular complexity index is 3480. The zero-order chi connectivity index (χ0) is 38.9. The first-order valence-corrected chi connectivity index (χ1v) is 21.3.